The Morgan fingerprint density at radius 3 is 3.00 bits per heavy atom. The third-order valence-corrected chi connectivity index (χ3v) is 4.16. The van der Waals surface area contributed by atoms with Gasteiger partial charge in [-0.2, -0.15) is 4.98 Å². The lowest BCUT2D eigenvalue weighted by Crippen LogP contribution is -2.36. The molecule has 6 heteroatoms. The zero-order valence-electron chi connectivity index (χ0n) is 13.2. The first-order valence-corrected chi connectivity index (χ1v) is 7.97. The number of amides is 1. The Hall–Kier alpha value is -2.24. The van der Waals surface area contributed by atoms with Crippen molar-refractivity contribution in [3.05, 3.63) is 47.4 Å². The van der Waals surface area contributed by atoms with Gasteiger partial charge in [0.05, 0.1) is 12.5 Å². The van der Waals surface area contributed by atoms with Gasteiger partial charge in [-0.15, -0.1) is 0 Å². The minimum atomic E-state index is -0.323. The van der Waals surface area contributed by atoms with Crippen molar-refractivity contribution in [2.75, 3.05) is 6.54 Å². The molecule has 1 amide bonds. The number of rotatable bonds is 3. The van der Waals surface area contributed by atoms with Crippen molar-refractivity contribution >= 4 is 5.91 Å². The van der Waals surface area contributed by atoms with Crippen LogP contribution in [-0.2, 0) is 11.2 Å². The van der Waals surface area contributed by atoms with Crippen LogP contribution in [0.3, 0.4) is 0 Å². The van der Waals surface area contributed by atoms with Gasteiger partial charge in [-0.3, -0.25) is 4.79 Å². The maximum atomic E-state index is 13.3. The summed E-state index contributed by atoms with van der Waals surface area (Å²) in [6.45, 7) is 2.42. The second-order valence-corrected chi connectivity index (χ2v) is 5.93. The molecule has 0 unspecified atom stereocenters. The van der Waals surface area contributed by atoms with Crippen LogP contribution in [0.25, 0.3) is 0 Å². The van der Waals surface area contributed by atoms with Crippen LogP contribution in [0.1, 0.15) is 49.0 Å². The monoisotopic (exact) mass is 317 g/mol. The van der Waals surface area contributed by atoms with E-state index >= 15 is 0 Å². The smallest absolute Gasteiger partial charge is 0.227 e. The molecular formula is C17H20FN3O2. The molecule has 23 heavy (non-hydrogen) atoms. The molecule has 1 fully saturated rings. The predicted octanol–water partition coefficient (Wildman–Crippen LogP) is 3.20. The molecule has 122 valence electrons. The SMILES string of the molecule is Cc1nc([C@@H]2CCCCCN2C(=O)Cc2cccc(F)c2)no1. The fourth-order valence-corrected chi connectivity index (χ4v) is 3.05. The largest absolute Gasteiger partial charge is 0.340 e. The van der Waals surface area contributed by atoms with Crippen molar-refractivity contribution < 1.29 is 13.7 Å². The molecule has 0 aliphatic carbocycles. The van der Waals surface area contributed by atoms with Gasteiger partial charge in [0.15, 0.2) is 5.82 Å². The summed E-state index contributed by atoms with van der Waals surface area (Å²) < 4.78 is 18.4. The van der Waals surface area contributed by atoms with Gasteiger partial charge in [0.1, 0.15) is 5.82 Å². The molecule has 0 radical (unpaired) electrons. The molecule has 1 aromatic heterocycles. The van der Waals surface area contributed by atoms with E-state index < -0.39 is 0 Å². The summed E-state index contributed by atoms with van der Waals surface area (Å²) in [4.78, 5) is 18.9. The van der Waals surface area contributed by atoms with Crippen LogP contribution < -0.4 is 0 Å². The van der Waals surface area contributed by atoms with Crippen molar-refractivity contribution in [3.8, 4) is 0 Å². The summed E-state index contributed by atoms with van der Waals surface area (Å²) in [7, 11) is 0. The number of carbonyl (C=O) groups excluding carboxylic acids is 1. The molecule has 1 aliphatic rings. The fraction of sp³-hybridized carbons (Fsp3) is 0.471. The minimum absolute atomic E-state index is 0.0232. The van der Waals surface area contributed by atoms with Crippen LogP contribution in [0.15, 0.2) is 28.8 Å². The lowest BCUT2D eigenvalue weighted by atomic mass is 10.1. The van der Waals surface area contributed by atoms with Crippen LogP contribution in [0.2, 0.25) is 0 Å². The van der Waals surface area contributed by atoms with E-state index in [-0.39, 0.29) is 24.2 Å². The highest BCUT2D eigenvalue weighted by molar-refractivity contribution is 5.79. The fourth-order valence-electron chi connectivity index (χ4n) is 3.05. The van der Waals surface area contributed by atoms with Gasteiger partial charge in [-0.1, -0.05) is 30.1 Å². The lowest BCUT2D eigenvalue weighted by molar-refractivity contribution is -0.133. The number of aromatic nitrogens is 2. The number of benzene rings is 1. The summed E-state index contributed by atoms with van der Waals surface area (Å²) >= 11 is 0. The van der Waals surface area contributed by atoms with Crippen LogP contribution in [-0.4, -0.2) is 27.5 Å². The van der Waals surface area contributed by atoms with E-state index in [9.17, 15) is 9.18 Å². The molecule has 0 saturated carbocycles. The number of aryl methyl sites for hydroxylation is 1. The number of hydrogen-bond donors (Lipinski definition) is 0. The molecule has 2 heterocycles. The van der Waals surface area contributed by atoms with Gasteiger partial charge >= 0.3 is 0 Å². The second kappa shape index (κ2) is 6.89. The maximum Gasteiger partial charge on any atom is 0.227 e. The Morgan fingerprint density at radius 1 is 1.39 bits per heavy atom. The van der Waals surface area contributed by atoms with Gasteiger partial charge in [0.25, 0.3) is 0 Å². The molecule has 1 aromatic carbocycles. The average molecular weight is 317 g/mol. The third-order valence-electron chi connectivity index (χ3n) is 4.16. The third kappa shape index (κ3) is 3.75. The molecule has 0 N–H and O–H groups in total. The molecule has 2 aromatic rings. The van der Waals surface area contributed by atoms with E-state index in [1.54, 1.807) is 19.1 Å². The highest BCUT2D eigenvalue weighted by Gasteiger charge is 2.30. The Bertz CT molecular complexity index is 686. The molecule has 0 spiro atoms. The molecule has 5 nitrogen and oxygen atoms in total. The second-order valence-electron chi connectivity index (χ2n) is 5.93. The first-order chi connectivity index (χ1) is 11.1. The first-order valence-electron chi connectivity index (χ1n) is 7.97. The van der Waals surface area contributed by atoms with Crippen LogP contribution in [0.4, 0.5) is 4.39 Å². The van der Waals surface area contributed by atoms with E-state index in [0.29, 0.717) is 23.8 Å². The first kappa shape index (κ1) is 15.6. The quantitative estimate of drug-likeness (QED) is 0.872. The molecule has 1 atom stereocenters. The lowest BCUT2D eigenvalue weighted by Gasteiger charge is -2.28. The van der Waals surface area contributed by atoms with Crippen molar-refractivity contribution in [2.24, 2.45) is 0 Å². The number of carbonyl (C=O) groups is 1. The Morgan fingerprint density at radius 2 is 2.26 bits per heavy atom. The molecule has 0 bridgehead atoms. The summed E-state index contributed by atoms with van der Waals surface area (Å²) in [6, 6.07) is 6.02. The van der Waals surface area contributed by atoms with Crippen molar-refractivity contribution in [3.63, 3.8) is 0 Å². The van der Waals surface area contributed by atoms with Gasteiger partial charge in [0, 0.05) is 13.5 Å². The van der Waals surface area contributed by atoms with E-state index in [1.807, 2.05) is 4.90 Å². The normalized spacial score (nSPS) is 18.7. The predicted molar refractivity (Wildman–Crippen MR) is 82.1 cm³/mol. The summed E-state index contributed by atoms with van der Waals surface area (Å²) in [5, 5.41) is 3.99. The van der Waals surface area contributed by atoms with Gasteiger partial charge in [0.2, 0.25) is 11.8 Å². The minimum Gasteiger partial charge on any atom is -0.340 e. The average Bonchev–Trinajstić information content (AvgIpc) is 2.81. The maximum absolute atomic E-state index is 13.3. The number of likely N-dealkylation sites (tertiary alicyclic amines) is 1. The van der Waals surface area contributed by atoms with Gasteiger partial charge < -0.3 is 9.42 Å². The van der Waals surface area contributed by atoms with Crippen molar-refractivity contribution in [1.29, 1.82) is 0 Å². The standard InChI is InChI=1S/C17H20FN3O2/c1-12-19-17(20-23-12)15-8-3-2-4-9-21(15)16(22)11-13-6-5-7-14(18)10-13/h5-7,10,15H,2-4,8-9,11H2,1H3/t15-/m0/s1. The van der Waals surface area contributed by atoms with Crippen LogP contribution in [0.5, 0.6) is 0 Å². The zero-order chi connectivity index (χ0) is 16.2. The van der Waals surface area contributed by atoms with E-state index in [2.05, 4.69) is 10.1 Å². The van der Waals surface area contributed by atoms with E-state index in [1.165, 1.54) is 12.1 Å². The Labute approximate surface area is 134 Å². The number of nitrogens with zero attached hydrogens (tertiary/aromatic N) is 3. The van der Waals surface area contributed by atoms with Gasteiger partial charge in [-0.25, -0.2) is 4.39 Å². The van der Waals surface area contributed by atoms with Crippen molar-refractivity contribution in [2.45, 2.75) is 45.1 Å². The molecule has 1 aliphatic heterocycles. The molecular weight excluding hydrogens is 297 g/mol. The van der Waals surface area contributed by atoms with Crippen molar-refractivity contribution in [1.82, 2.24) is 15.0 Å². The Kier molecular flexibility index (Phi) is 4.69. The summed E-state index contributed by atoms with van der Waals surface area (Å²) in [6.07, 6.45) is 4.08. The number of halogens is 1. The molecule has 1 saturated heterocycles. The summed E-state index contributed by atoms with van der Waals surface area (Å²) in [5.41, 5.74) is 0.683. The topological polar surface area (TPSA) is 59.2 Å². The number of hydrogen-bond acceptors (Lipinski definition) is 4. The molecule has 3 rings (SSSR count). The highest BCUT2D eigenvalue weighted by atomic mass is 19.1. The van der Waals surface area contributed by atoms with Gasteiger partial charge in [-0.05, 0) is 30.5 Å². The van der Waals surface area contributed by atoms with E-state index in [0.717, 1.165) is 25.7 Å². The van der Waals surface area contributed by atoms with Crippen LogP contribution in [0, 0.1) is 12.7 Å². The zero-order valence-corrected chi connectivity index (χ0v) is 13.2. The van der Waals surface area contributed by atoms with E-state index in [4.69, 9.17) is 4.52 Å². The Balaban J connectivity index is 1.80. The van der Waals surface area contributed by atoms with Crippen LogP contribution >= 0.6 is 0 Å². The summed E-state index contributed by atoms with van der Waals surface area (Å²) in [5.74, 6) is 0.722. The highest BCUT2D eigenvalue weighted by Crippen LogP contribution is 2.29.